The zero-order valence-corrected chi connectivity index (χ0v) is 28.9. The first-order valence-electron chi connectivity index (χ1n) is 17.3. The second kappa shape index (κ2) is 15.9. The highest BCUT2D eigenvalue weighted by Gasteiger charge is 2.73. The lowest BCUT2D eigenvalue weighted by Gasteiger charge is -2.36. The van der Waals surface area contributed by atoms with Crippen molar-refractivity contribution in [3.05, 3.63) is 89.5 Å². The van der Waals surface area contributed by atoms with E-state index in [2.05, 4.69) is 5.32 Å². The fraction of sp³-hybridized carbons (Fsp3) is 0.474. The number of aliphatic hydroxyl groups excluding tert-OH is 1. The third-order valence-corrected chi connectivity index (χ3v) is 10.3. The van der Waals surface area contributed by atoms with E-state index in [1.165, 1.54) is 7.11 Å². The molecule has 2 aromatic carbocycles. The van der Waals surface area contributed by atoms with E-state index in [0.29, 0.717) is 35.5 Å². The number of halogens is 1. The normalized spacial score (nSPS) is 30.4. The van der Waals surface area contributed by atoms with Crippen molar-refractivity contribution in [2.24, 2.45) is 11.8 Å². The molecule has 2 saturated heterocycles. The van der Waals surface area contributed by atoms with Crippen LogP contribution in [0.5, 0.6) is 0 Å². The van der Waals surface area contributed by atoms with Gasteiger partial charge in [-0.1, -0.05) is 91.2 Å². The van der Waals surface area contributed by atoms with Gasteiger partial charge in [-0.05, 0) is 37.0 Å². The molecular weight excluding hydrogens is 662 g/mol. The molecule has 5 bridgehead atoms. The van der Waals surface area contributed by atoms with E-state index in [-0.39, 0.29) is 44.5 Å². The topological polar surface area (TPSA) is 135 Å². The van der Waals surface area contributed by atoms with Crippen LogP contribution in [-0.2, 0) is 33.4 Å². The Kier molecular flexibility index (Phi) is 11.4. The number of fused-ring (bicyclic) bond motifs is 2. The summed E-state index contributed by atoms with van der Waals surface area (Å²) in [6.07, 6.45) is 8.75. The monoisotopic (exact) mass is 705 g/mol. The van der Waals surface area contributed by atoms with Crippen molar-refractivity contribution in [3.63, 3.8) is 0 Å². The maximum Gasteiger partial charge on any atom is 0.313 e. The number of carbonyl (C=O) groups excluding carboxylic acids is 4. The van der Waals surface area contributed by atoms with Gasteiger partial charge in [0.15, 0.2) is 0 Å². The number of unbranched alkanes of at least 4 members (excludes halogenated alkanes) is 3. The molecule has 4 heterocycles. The van der Waals surface area contributed by atoms with Crippen molar-refractivity contribution in [2.45, 2.75) is 68.4 Å². The third-order valence-electron chi connectivity index (χ3n) is 10.0. The predicted molar refractivity (Wildman–Crippen MR) is 186 cm³/mol. The van der Waals surface area contributed by atoms with Gasteiger partial charge >= 0.3 is 5.97 Å². The lowest BCUT2D eigenvalue weighted by molar-refractivity contribution is -0.162. The molecule has 1 spiro atoms. The average molecular weight is 706 g/mol. The van der Waals surface area contributed by atoms with Gasteiger partial charge in [0.05, 0.1) is 35.4 Å². The first kappa shape index (κ1) is 35.8. The molecule has 7 atom stereocenters. The van der Waals surface area contributed by atoms with Gasteiger partial charge in [-0.2, -0.15) is 0 Å². The maximum absolute atomic E-state index is 14.9. The van der Waals surface area contributed by atoms with E-state index >= 15 is 0 Å². The Balaban J connectivity index is 1.43. The summed E-state index contributed by atoms with van der Waals surface area (Å²) in [5, 5.41) is 12.6. The highest BCUT2D eigenvalue weighted by atomic mass is 35.5. The number of nitrogens with zero attached hydrogens (tertiary/aromatic N) is 2. The smallest absolute Gasteiger partial charge is 0.313 e. The number of hydrogen-bond acceptors (Lipinski definition) is 8. The van der Waals surface area contributed by atoms with Crippen LogP contribution in [0, 0.1) is 11.8 Å². The first-order valence-corrected chi connectivity index (χ1v) is 17.7. The molecule has 2 N–H and O–H groups in total. The Morgan fingerprint density at radius 3 is 2.50 bits per heavy atom. The number of esters is 1. The summed E-state index contributed by atoms with van der Waals surface area (Å²) in [6.45, 7) is 0.543. The van der Waals surface area contributed by atoms with Crippen LogP contribution < -0.4 is 10.2 Å². The molecule has 0 aromatic heterocycles. The maximum atomic E-state index is 14.9. The van der Waals surface area contributed by atoms with E-state index in [4.69, 9.17) is 25.8 Å². The molecule has 0 unspecified atom stereocenters. The van der Waals surface area contributed by atoms with E-state index < -0.39 is 53.6 Å². The number of methoxy groups -OCH3 is 1. The van der Waals surface area contributed by atoms with Gasteiger partial charge in [0.25, 0.3) is 5.91 Å². The number of cyclic esters (lactones) is 1. The second-order valence-corrected chi connectivity index (χ2v) is 13.6. The van der Waals surface area contributed by atoms with Gasteiger partial charge in [0, 0.05) is 33.2 Å². The van der Waals surface area contributed by atoms with Crippen LogP contribution >= 0.6 is 11.6 Å². The Morgan fingerprint density at radius 1 is 0.980 bits per heavy atom. The number of allylic oxidation sites excluding steroid dienone is 1. The van der Waals surface area contributed by atoms with Crippen LogP contribution in [-0.4, -0.2) is 90.9 Å². The van der Waals surface area contributed by atoms with E-state index in [9.17, 15) is 24.3 Å². The van der Waals surface area contributed by atoms with Gasteiger partial charge in [0.1, 0.15) is 23.7 Å². The van der Waals surface area contributed by atoms with Crippen LogP contribution in [0.25, 0.3) is 0 Å². The van der Waals surface area contributed by atoms with Gasteiger partial charge in [0.2, 0.25) is 11.8 Å². The fourth-order valence-corrected chi connectivity index (χ4v) is 7.97. The number of ether oxygens (including phenoxy) is 3. The Morgan fingerprint density at radius 2 is 1.74 bits per heavy atom. The minimum absolute atomic E-state index is 0.0681. The van der Waals surface area contributed by atoms with Crippen LogP contribution in [0.1, 0.15) is 50.2 Å². The van der Waals surface area contributed by atoms with Crippen molar-refractivity contribution in [1.29, 1.82) is 0 Å². The van der Waals surface area contributed by atoms with Crippen LogP contribution in [0.3, 0.4) is 0 Å². The molecule has 0 radical (unpaired) electrons. The molecule has 4 aliphatic heterocycles. The molecular formula is C38H44ClN3O8. The zero-order chi connectivity index (χ0) is 35.3. The molecule has 0 aliphatic carbocycles. The molecule has 50 heavy (non-hydrogen) atoms. The summed E-state index contributed by atoms with van der Waals surface area (Å²) in [6, 6.07) is 14.3. The molecule has 2 fully saturated rings. The summed E-state index contributed by atoms with van der Waals surface area (Å²) in [7, 11) is 1.51. The number of hydrogen-bond donors (Lipinski definition) is 2. The summed E-state index contributed by atoms with van der Waals surface area (Å²) in [4.78, 5) is 60.2. The zero-order valence-electron chi connectivity index (χ0n) is 28.1. The molecule has 6 rings (SSSR count). The summed E-state index contributed by atoms with van der Waals surface area (Å²) < 4.78 is 18.3. The fourth-order valence-electron chi connectivity index (χ4n) is 7.73. The van der Waals surface area contributed by atoms with Crippen molar-refractivity contribution < 1.29 is 38.5 Å². The Labute approximate surface area is 297 Å². The van der Waals surface area contributed by atoms with Gasteiger partial charge < -0.3 is 34.4 Å². The number of para-hydroxylation sites is 1. The number of nitrogens with one attached hydrogen (secondary N) is 1. The van der Waals surface area contributed by atoms with Crippen molar-refractivity contribution >= 4 is 41.0 Å². The summed E-state index contributed by atoms with van der Waals surface area (Å²) >= 11 is 6.66. The van der Waals surface area contributed by atoms with Gasteiger partial charge in [-0.3, -0.25) is 19.2 Å². The SMILES string of the molecule is COC[C@H]1NC(=O)CC/C=C\CN(c2ccccc2Cl)C(=O)[C@@H]2N(CCCCCCO)C(=O)[C@H]3[C@H](C(=O)O[C@@H]1c1ccccc1)[C@@H]1C=C[C@]23O1. The number of rotatable bonds is 10. The van der Waals surface area contributed by atoms with Crippen LogP contribution in [0.2, 0.25) is 5.02 Å². The summed E-state index contributed by atoms with van der Waals surface area (Å²) in [5.74, 6) is -3.70. The summed E-state index contributed by atoms with van der Waals surface area (Å²) in [5.41, 5.74) is -0.288. The number of amides is 3. The largest absolute Gasteiger partial charge is 0.455 e. The number of carbonyl (C=O) groups is 4. The lowest BCUT2D eigenvalue weighted by Crippen LogP contribution is -2.56. The number of aliphatic hydroxyl groups is 1. The minimum atomic E-state index is -1.41. The number of likely N-dealkylation sites (tertiary alicyclic amines) is 1. The molecule has 2 aromatic rings. The Bertz CT molecular complexity index is 1620. The van der Waals surface area contributed by atoms with Crippen molar-refractivity contribution in [1.82, 2.24) is 10.2 Å². The van der Waals surface area contributed by atoms with E-state index in [1.807, 2.05) is 42.5 Å². The number of benzene rings is 2. The van der Waals surface area contributed by atoms with E-state index in [1.54, 1.807) is 46.2 Å². The Hall–Kier alpha value is -4.03. The molecule has 3 amide bonds. The van der Waals surface area contributed by atoms with Gasteiger partial charge in [-0.15, -0.1) is 0 Å². The standard InChI is InChI=1S/C38H44ClN3O8/c1-48-24-27-33(25-14-6-4-7-15-25)49-37(47)31-29-19-20-38(50-29)32(31)35(45)42(22-11-2-3-13-23-43)34(38)36(46)41(28-17-10-9-16-26(28)39)21-12-5-8-18-30(44)40-27/h4-7,9-10,12,14-17,19-20,27,29,31-34,43H,2-3,8,11,13,18,21-24H2,1H3,(H,40,44)/b12-5-/t27-,29+,31-,32-,33-,34+,38-/m1/s1. The average Bonchev–Trinajstić information content (AvgIpc) is 3.76. The molecule has 4 aliphatic rings. The molecule has 12 heteroatoms. The minimum Gasteiger partial charge on any atom is -0.455 e. The van der Waals surface area contributed by atoms with Crippen molar-refractivity contribution in [3.8, 4) is 0 Å². The van der Waals surface area contributed by atoms with Crippen LogP contribution in [0.4, 0.5) is 5.69 Å². The third kappa shape index (κ3) is 6.96. The van der Waals surface area contributed by atoms with E-state index in [0.717, 1.165) is 12.8 Å². The molecule has 11 nitrogen and oxygen atoms in total. The predicted octanol–water partition coefficient (Wildman–Crippen LogP) is 4.14. The first-order chi connectivity index (χ1) is 24.3. The van der Waals surface area contributed by atoms with Crippen LogP contribution in [0.15, 0.2) is 78.9 Å². The highest BCUT2D eigenvalue weighted by Crippen LogP contribution is 2.56. The molecule has 0 saturated carbocycles. The number of anilines is 1. The van der Waals surface area contributed by atoms with Crippen molar-refractivity contribution in [2.75, 3.05) is 38.3 Å². The molecule has 266 valence electrons. The van der Waals surface area contributed by atoms with Gasteiger partial charge in [-0.25, -0.2) is 0 Å². The quantitative estimate of drug-likeness (QED) is 0.214. The second-order valence-electron chi connectivity index (χ2n) is 13.2. The lowest BCUT2D eigenvalue weighted by atomic mass is 9.74. The highest BCUT2D eigenvalue weighted by molar-refractivity contribution is 6.34.